The average Bonchev–Trinajstić information content (AvgIpc) is 2.98. The Morgan fingerprint density at radius 3 is 2.75 bits per heavy atom. The molecule has 160 valence electrons. The van der Waals surface area contributed by atoms with Crippen molar-refractivity contribution in [3.05, 3.63) is 64.4 Å². The number of nitrogens with one attached hydrogen (secondary N) is 1. The standard InChI is InChI=1S/C24H19F2N5O/c25-24(26)8-3-10-31(11-9-24)23-17(12-15-4-1-2-5-18(15)30-23)20-13-21(32)22-19(29-20)7-6-16(14-27)28-22/h1-2,4-7,12-13H,3,8-11H2,(H,29,32). The van der Waals surface area contributed by atoms with Gasteiger partial charge in [-0.15, -0.1) is 0 Å². The third-order valence-corrected chi connectivity index (χ3v) is 5.80. The molecule has 0 radical (unpaired) electrons. The first-order valence-corrected chi connectivity index (χ1v) is 10.4. The van der Waals surface area contributed by atoms with E-state index in [1.165, 1.54) is 6.07 Å². The maximum absolute atomic E-state index is 14.0. The zero-order chi connectivity index (χ0) is 22.3. The number of alkyl halides is 2. The summed E-state index contributed by atoms with van der Waals surface area (Å²) in [7, 11) is 0. The third-order valence-electron chi connectivity index (χ3n) is 5.80. The van der Waals surface area contributed by atoms with Crippen molar-refractivity contribution >= 4 is 27.8 Å². The molecule has 0 unspecified atom stereocenters. The molecule has 1 fully saturated rings. The van der Waals surface area contributed by atoms with Crippen LogP contribution in [0, 0.1) is 11.3 Å². The number of halogens is 2. The Bertz CT molecular complexity index is 1440. The molecule has 5 rings (SSSR count). The lowest BCUT2D eigenvalue weighted by molar-refractivity contribution is -0.0102. The Kier molecular flexibility index (Phi) is 4.82. The fourth-order valence-electron chi connectivity index (χ4n) is 4.16. The predicted molar refractivity (Wildman–Crippen MR) is 119 cm³/mol. The Balaban J connectivity index is 1.70. The fraction of sp³-hybridized carbons (Fsp3) is 0.250. The van der Waals surface area contributed by atoms with Crippen molar-refractivity contribution in [2.45, 2.75) is 25.2 Å². The van der Waals surface area contributed by atoms with E-state index < -0.39 is 5.92 Å². The van der Waals surface area contributed by atoms with Crippen LogP contribution >= 0.6 is 0 Å². The molecule has 0 bridgehead atoms. The van der Waals surface area contributed by atoms with Crippen molar-refractivity contribution in [1.82, 2.24) is 15.0 Å². The zero-order valence-electron chi connectivity index (χ0n) is 17.1. The van der Waals surface area contributed by atoms with Gasteiger partial charge in [0.05, 0.1) is 16.7 Å². The van der Waals surface area contributed by atoms with Gasteiger partial charge in [0.1, 0.15) is 23.1 Å². The minimum atomic E-state index is -2.69. The normalized spacial score (nSPS) is 16.1. The highest BCUT2D eigenvalue weighted by Gasteiger charge is 2.32. The van der Waals surface area contributed by atoms with Gasteiger partial charge >= 0.3 is 0 Å². The van der Waals surface area contributed by atoms with Gasteiger partial charge in [-0.05, 0) is 30.7 Å². The molecule has 8 heteroatoms. The van der Waals surface area contributed by atoms with Gasteiger partial charge in [0.15, 0.2) is 0 Å². The smallest absolute Gasteiger partial charge is 0.249 e. The second-order valence-electron chi connectivity index (χ2n) is 8.00. The van der Waals surface area contributed by atoms with Gasteiger partial charge in [-0.1, -0.05) is 18.2 Å². The Morgan fingerprint density at radius 2 is 1.91 bits per heavy atom. The van der Waals surface area contributed by atoms with Crippen LogP contribution in [-0.4, -0.2) is 34.0 Å². The number of anilines is 1. The molecule has 1 N–H and O–H groups in total. The maximum atomic E-state index is 14.0. The van der Waals surface area contributed by atoms with Crippen LogP contribution in [0.4, 0.5) is 14.6 Å². The monoisotopic (exact) mass is 431 g/mol. The van der Waals surface area contributed by atoms with Crippen LogP contribution in [0.3, 0.4) is 0 Å². The summed E-state index contributed by atoms with van der Waals surface area (Å²) >= 11 is 0. The van der Waals surface area contributed by atoms with Crippen LogP contribution in [0.1, 0.15) is 25.0 Å². The number of fused-ring (bicyclic) bond motifs is 2. The van der Waals surface area contributed by atoms with Crippen LogP contribution in [0.15, 0.2) is 53.3 Å². The summed E-state index contributed by atoms with van der Waals surface area (Å²) in [6.07, 6.45) is -0.0296. The maximum Gasteiger partial charge on any atom is 0.249 e. The minimum absolute atomic E-state index is 0.147. The molecule has 4 aromatic rings. The summed E-state index contributed by atoms with van der Waals surface area (Å²) in [6, 6.07) is 16.1. The molecule has 32 heavy (non-hydrogen) atoms. The molecule has 0 spiro atoms. The Hall–Kier alpha value is -3.86. The highest BCUT2D eigenvalue weighted by molar-refractivity contribution is 5.90. The molecule has 0 aliphatic carbocycles. The molecule has 0 saturated carbocycles. The summed E-state index contributed by atoms with van der Waals surface area (Å²) in [5.41, 5.74) is 2.45. The molecule has 1 aromatic carbocycles. The van der Waals surface area contributed by atoms with Gasteiger partial charge in [0.2, 0.25) is 11.4 Å². The quantitative estimate of drug-likeness (QED) is 0.500. The SMILES string of the molecule is N#Cc1ccc2[nH]c(-c3cc4ccccc4nc3N3CCCC(F)(F)CC3)cc(=O)c2n1. The van der Waals surface area contributed by atoms with E-state index in [1.54, 1.807) is 12.1 Å². The lowest BCUT2D eigenvalue weighted by Gasteiger charge is -2.25. The van der Waals surface area contributed by atoms with Gasteiger partial charge < -0.3 is 9.88 Å². The zero-order valence-corrected chi connectivity index (χ0v) is 17.1. The third kappa shape index (κ3) is 3.66. The topological polar surface area (TPSA) is 85.7 Å². The average molecular weight is 431 g/mol. The van der Waals surface area contributed by atoms with Crippen molar-refractivity contribution in [1.29, 1.82) is 5.26 Å². The number of rotatable bonds is 2. The second-order valence-corrected chi connectivity index (χ2v) is 8.00. The van der Waals surface area contributed by atoms with E-state index in [1.807, 2.05) is 41.3 Å². The van der Waals surface area contributed by atoms with E-state index in [9.17, 15) is 13.6 Å². The lowest BCUT2D eigenvalue weighted by Crippen LogP contribution is -2.27. The summed E-state index contributed by atoms with van der Waals surface area (Å²) in [6.45, 7) is 0.634. The number of nitrogens with zero attached hydrogens (tertiary/aromatic N) is 4. The fourth-order valence-corrected chi connectivity index (χ4v) is 4.16. The molecule has 3 aromatic heterocycles. The first kappa shape index (κ1) is 20.1. The van der Waals surface area contributed by atoms with Gasteiger partial charge in [0.25, 0.3) is 0 Å². The van der Waals surface area contributed by atoms with Gasteiger partial charge in [-0.3, -0.25) is 4.79 Å². The molecular weight excluding hydrogens is 412 g/mol. The largest absolute Gasteiger partial charge is 0.356 e. The van der Waals surface area contributed by atoms with Crippen LogP contribution in [0.5, 0.6) is 0 Å². The van der Waals surface area contributed by atoms with Crippen molar-refractivity contribution in [2.75, 3.05) is 18.0 Å². The van der Waals surface area contributed by atoms with Gasteiger partial charge in [0, 0.05) is 42.9 Å². The van der Waals surface area contributed by atoms with E-state index in [0.29, 0.717) is 35.6 Å². The molecular formula is C24H19F2N5O. The van der Waals surface area contributed by atoms with E-state index in [-0.39, 0.29) is 36.0 Å². The molecule has 0 atom stereocenters. The molecule has 0 amide bonds. The number of benzene rings is 1. The molecule has 6 nitrogen and oxygen atoms in total. The minimum Gasteiger partial charge on any atom is -0.356 e. The predicted octanol–water partition coefficient (Wildman–Crippen LogP) is 4.64. The van der Waals surface area contributed by atoms with Gasteiger partial charge in [-0.2, -0.15) is 5.26 Å². The molecule has 1 aliphatic rings. The first-order chi connectivity index (χ1) is 15.4. The van der Waals surface area contributed by atoms with Crippen molar-refractivity contribution in [2.24, 2.45) is 0 Å². The lowest BCUT2D eigenvalue weighted by atomic mass is 10.1. The number of hydrogen-bond donors (Lipinski definition) is 1. The van der Waals surface area contributed by atoms with Crippen LogP contribution in [0.2, 0.25) is 0 Å². The van der Waals surface area contributed by atoms with Crippen molar-refractivity contribution in [3.8, 4) is 17.3 Å². The Morgan fingerprint density at radius 1 is 1.06 bits per heavy atom. The van der Waals surface area contributed by atoms with Crippen molar-refractivity contribution in [3.63, 3.8) is 0 Å². The molecule has 4 heterocycles. The van der Waals surface area contributed by atoms with Crippen molar-refractivity contribution < 1.29 is 8.78 Å². The Labute approximate surface area is 182 Å². The summed E-state index contributed by atoms with van der Waals surface area (Å²) in [4.78, 5) is 26.8. The highest BCUT2D eigenvalue weighted by atomic mass is 19.3. The highest BCUT2D eigenvalue weighted by Crippen LogP contribution is 2.35. The number of pyridine rings is 3. The summed E-state index contributed by atoms with van der Waals surface area (Å²) < 4.78 is 28.0. The van der Waals surface area contributed by atoms with E-state index in [0.717, 1.165) is 10.9 Å². The number of aromatic amines is 1. The van der Waals surface area contributed by atoms with Gasteiger partial charge in [-0.25, -0.2) is 18.7 Å². The van der Waals surface area contributed by atoms with Crippen LogP contribution < -0.4 is 10.3 Å². The summed E-state index contributed by atoms with van der Waals surface area (Å²) in [5, 5.41) is 9.95. The number of hydrogen-bond acceptors (Lipinski definition) is 5. The number of aromatic nitrogens is 3. The van der Waals surface area contributed by atoms with E-state index in [2.05, 4.69) is 9.97 Å². The number of para-hydroxylation sites is 1. The molecule has 1 aliphatic heterocycles. The molecule has 1 saturated heterocycles. The summed E-state index contributed by atoms with van der Waals surface area (Å²) in [5.74, 6) is -2.12. The van der Waals surface area contributed by atoms with Crippen LogP contribution in [-0.2, 0) is 0 Å². The van der Waals surface area contributed by atoms with E-state index >= 15 is 0 Å². The van der Waals surface area contributed by atoms with E-state index in [4.69, 9.17) is 10.2 Å². The second kappa shape index (κ2) is 7.68. The number of H-pyrrole nitrogens is 1. The number of nitriles is 1. The first-order valence-electron chi connectivity index (χ1n) is 10.4. The van der Waals surface area contributed by atoms with Crippen LogP contribution in [0.25, 0.3) is 33.2 Å².